The molecule has 0 amide bonds. The summed E-state index contributed by atoms with van der Waals surface area (Å²) >= 11 is 2.29. The highest BCUT2D eigenvalue weighted by Crippen LogP contribution is 2.33. The van der Waals surface area contributed by atoms with Gasteiger partial charge in [-0.2, -0.15) is 0 Å². The van der Waals surface area contributed by atoms with Gasteiger partial charge < -0.3 is 3.11 Å². The Morgan fingerprint density at radius 2 is 2.09 bits per heavy atom. The van der Waals surface area contributed by atoms with Crippen molar-refractivity contribution in [2.24, 2.45) is 0 Å². The summed E-state index contributed by atoms with van der Waals surface area (Å²) in [5.74, 6) is 0. The zero-order valence-corrected chi connectivity index (χ0v) is 8.21. The van der Waals surface area contributed by atoms with Crippen molar-refractivity contribution < 1.29 is 0 Å². The Morgan fingerprint density at radius 1 is 1.36 bits per heavy atom. The van der Waals surface area contributed by atoms with Crippen LogP contribution in [0.2, 0.25) is 0 Å². The maximum Gasteiger partial charge on any atom is 0.0594 e. The highest BCUT2D eigenvalue weighted by Gasteiger charge is 2.18. The van der Waals surface area contributed by atoms with Gasteiger partial charge in [-0.3, -0.25) is 0 Å². The summed E-state index contributed by atoms with van der Waals surface area (Å²) in [4.78, 5) is 0. The second-order valence-electron chi connectivity index (χ2n) is 2.62. The van der Waals surface area contributed by atoms with Crippen molar-refractivity contribution in [1.29, 1.82) is 0 Å². The maximum absolute atomic E-state index is 3.99. The van der Waals surface area contributed by atoms with Gasteiger partial charge in [-0.05, 0) is 5.56 Å². The smallest absolute Gasteiger partial charge is 0.0594 e. The summed E-state index contributed by atoms with van der Waals surface area (Å²) in [5, 5.41) is 0. The minimum Gasteiger partial charge on any atom is -0.310 e. The molecule has 0 bridgehead atoms. The van der Waals surface area contributed by atoms with E-state index in [-0.39, 0.29) is 0 Å². The average molecular weight is 257 g/mol. The molecule has 0 spiro atoms. The van der Waals surface area contributed by atoms with Crippen LogP contribution in [0, 0.1) is 0 Å². The monoisotopic (exact) mass is 257 g/mol. The molecule has 0 fully saturated rings. The molecule has 0 radical (unpaired) electrons. The zero-order valence-electron chi connectivity index (χ0n) is 6.05. The van der Waals surface area contributed by atoms with Crippen molar-refractivity contribution in [2.75, 3.05) is 0 Å². The molecule has 0 unspecified atom stereocenters. The first-order valence-electron chi connectivity index (χ1n) is 3.49. The molecule has 1 nitrogen and oxygen atoms in total. The molecular weight excluding hydrogens is 249 g/mol. The van der Waals surface area contributed by atoms with Gasteiger partial charge in [0.25, 0.3) is 0 Å². The van der Waals surface area contributed by atoms with Gasteiger partial charge in [-0.15, -0.1) is 0 Å². The van der Waals surface area contributed by atoms with Gasteiger partial charge in [0.15, 0.2) is 0 Å². The Balaban J connectivity index is 2.55. The number of nitrogens with zero attached hydrogens (tertiary/aromatic N) is 1. The third-order valence-corrected chi connectivity index (χ3v) is 2.85. The van der Waals surface area contributed by atoms with Crippen molar-refractivity contribution >= 4 is 28.6 Å². The van der Waals surface area contributed by atoms with Gasteiger partial charge in [-0.25, -0.2) is 0 Å². The Hall–Kier alpha value is -0.510. The van der Waals surface area contributed by atoms with Gasteiger partial charge in [0, 0.05) is 11.3 Å². The van der Waals surface area contributed by atoms with E-state index < -0.39 is 0 Å². The van der Waals surface area contributed by atoms with Crippen LogP contribution in [0.15, 0.2) is 30.8 Å². The third-order valence-electron chi connectivity index (χ3n) is 1.93. The van der Waals surface area contributed by atoms with E-state index in [0.29, 0.717) is 0 Å². The van der Waals surface area contributed by atoms with Crippen LogP contribution in [0.25, 0.3) is 5.70 Å². The lowest BCUT2D eigenvalue weighted by Gasteiger charge is -2.06. The largest absolute Gasteiger partial charge is 0.310 e. The molecule has 56 valence electrons. The molecule has 0 saturated heterocycles. The van der Waals surface area contributed by atoms with E-state index in [9.17, 15) is 0 Å². The molecule has 11 heavy (non-hydrogen) atoms. The number of rotatable bonds is 0. The second-order valence-corrected chi connectivity index (χ2v) is 3.79. The standard InChI is InChI=1S/C9H8IN/c1-7-9-5-3-2-4-8(9)6-11(7)10/h2-5H,1,6H2. The summed E-state index contributed by atoms with van der Waals surface area (Å²) in [6.45, 7) is 4.99. The van der Waals surface area contributed by atoms with Gasteiger partial charge in [0.05, 0.1) is 29.4 Å². The molecule has 2 heteroatoms. The van der Waals surface area contributed by atoms with Gasteiger partial charge in [-0.1, -0.05) is 30.8 Å². The van der Waals surface area contributed by atoms with E-state index in [1.807, 2.05) is 0 Å². The van der Waals surface area contributed by atoms with Crippen LogP contribution in [0.5, 0.6) is 0 Å². The number of benzene rings is 1. The number of hydrogen-bond donors (Lipinski definition) is 0. The Labute approximate surface area is 80.2 Å². The van der Waals surface area contributed by atoms with Crippen LogP contribution in [0.3, 0.4) is 0 Å². The van der Waals surface area contributed by atoms with E-state index in [1.165, 1.54) is 11.1 Å². The molecule has 0 saturated carbocycles. The number of halogens is 1. The fraction of sp³-hybridized carbons (Fsp3) is 0.111. The van der Waals surface area contributed by atoms with Gasteiger partial charge in [0.1, 0.15) is 0 Å². The topological polar surface area (TPSA) is 3.24 Å². The Bertz CT molecular complexity index is 306. The lowest BCUT2D eigenvalue weighted by Crippen LogP contribution is -1.96. The first-order valence-corrected chi connectivity index (χ1v) is 4.46. The van der Waals surface area contributed by atoms with E-state index >= 15 is 0 Å². The fourth-order valence-corrected chi connectivity index (χ4v) is 1.94. The van der Waals surface area contributed by atoms with Crippen LogP contribution in [0.4, 0.5) is 0 Å². The predicted octanol–water partition coefficient (Wildman–Crippen LogP) is 2.82. The first-order chi connectivity index (χ1) is 5.29. The van der Waals surface area contributed by atoms with Crippen molar-refractivity contribution in [2.45, 2.75) is 6.54 Å². The van der Waals surface area contributed by atoms with Crippen LogP contribution in [0.1, 0.15) is 11.1 Å². The molecule has 1 heterocycles. The lowest BCUT2D eigenvalue weighted by atomic mass is 10.1. The zero-order chi connectivity index (χ0) is 7.84. The van der Waals surface area contributed by atoms with E-state index in [1.54, 1.807) is 0 Å². The van der Waals surface area contributed by atoms with Gasteiger partial charge >= 0.3 is 0 Å². The van der Waals surface area contributed by atoms with Crippen molar-refractivity contribution in [3.05, 3.63) is 42.0 Å². The second kappa shape index (κ2) is 2.52. The highest BCUT2D eigenvalue weighted by molar-refractivity contribution is 14.1. The van der Waals surface area contributed by atoms with E-state index in [4.69, 9.17) is 0 Å². The summed E-state index contributed by atoms with van der Waals surface area (Å²) in [5.41, 5.74) is 3.80. The van der Waals surface area contributed by atoms with E-state index in [2.05, 4.69) is 56.8 Å². The fourth-order valence-electron chi connectivity index (χ4n) is 1.32. The lowest BCUT2D eigenvalue weighted by molar-refractivity contribution is 0.731. The molecule has 1 aromatic rings. The highest BCUT2D eigenvalue weighted by atomic mass is 127. The van der Waals surface area contributed by atoms with Crippen LogP contribution in [-0.4, -0.2) is 3.11 Å². The summed E-state index contributed by atoms with van der Waals surface area (Å²) in [7, 11) is 0. The van der Waals surface area contributed by atoms with Crippen molar-refractivity contribution in [3.8, 4) is 0 Å². The molecule has 1 aromatic carbocycles. The molecule has 1 aliphatic rings. The third kappa shape index (κ3) is 1.05. The number of fused-ring (bicyclic) bond motifs is 1. The normalized spacial score (nSPS) is 15.4. The quantitative estimate of drug-likeness (QED) is 0.510. The van der Waals surface area contributed by atoms with Gasteiger partial charge in [0.2, 0.25) is 0 Å². The van der Waals surface area contributed by atoms with Crippen molar-refractivity contribution in [3.63, 3.8) is 0 Å². The molecule has 0 aromatic heterocycles. The summed E-state index contributed by atoms with van der Waals surface area (Å²) in [6.07, 6.45) is 0. The maximum atomic E-state index is 3.99. The summed E-state index contributed by atoms with van der Waals surface area (Å²) in [6, 6.07) is 8.40. The Morgan fingerprint density at radius 3 is 2.82 bits per heavy atom. The van der Waals surface area contributed by atoms with Crippen molar-refractivity contribution in [1.82, 2.24) is 3.11 Å². The molecule has 0 N–H and O–H groups in total. The predicted molar refractivity (Wildman–Crippen MR) is 55.0 cm³/mol. The minimum absolute atomic E-state index is 0.996. The van der Waals surface area contributed by atoms with E-state index in [0.717, 1.165) is 12.2 Å². The minimum atomic E-state index is 0.996. The molecular formula is C9H8IN. The molecule has 1 aliphatic heterocycles. The average Bonchev–Trinajstić information content (AvgIpc) is 2.30. The summed E-state index contributed by atoms with van der Waals surface area (Å²) < 4.78 is 2.14. The Kier molecular flexibility index (Phi) is 1.64. The van der Waals surface area contributed by atoms with Crippen LogP contribution >= 0.6 is 22.9 Å². The van der Waals surface area contributed by atoms with Crippen LogP contribution in [-0.2, 0) is 6.54 Å². The number of hydrogen-bond acceptors (Lipinski definition) is 1. The SMILES string of the molecule is C=C1c2ccccc2CN1I. The molecule has 2 rings (SSSR count). The van der Waals surface area contributed by atoms with Crippen LogP contribution < -0.4 is 0 Å². The molecule has 0 atom stereocenters. The molecule has 0 aliphatic carbocycles. The first kappa shape index (κ1) is 7.16.